The molecule has 0 saturated carbocycles. The van der Waals surface area contributed by atoms with Crippen molar-refractivity contribution in [1.29, 1.82) is 0 Å². The zero-order valence-corrected chi connectivity index (χ0v) is 11.8. The molecule has 1 aromatic heterocycles. The summed E-state index contributed by atoms with van der Waals surface area (Å²) in [5.74, 6) is 0. The quantitative estimate of drug-likeness (QED) is 0.714. The summed E-state index contributed by atoms with van der Waals surface area (Å²) < 4.78 is 0. The van der Waals surface area contributed by atoms with Gasteiger partial charge in [0.25, 0.3) is 0 Å². The molecule has 0 aliphatic heterocycles. The van der Waals surface area contributed by atoms with Crippen molar-refractivity contribution < 1.29 is 4.79 Å². The lowest BCUT2D eigenvalue weighted by Crippen LogP contribution is -1.92. The van der Waals surface area contributed by atoms with E-state index in [2.05, 4.69) is 4.98 Å². The summed E-state index contributed by atoms with van der Waals surface area (Å²) in [6.07, 6.45) is 1.95. The monoisotopic (exact) mass is 319 g/mol. The molecule has 0 spiro atoms. The largest absolute Gasteiger partial charge is 0.298 e. The highest BCUT2D eigenvalue weighted by Gasteiger charge is 2.14. The van der Waals surface area contributed by atoms with Crippen LogP contribution in [0.5, 0.6) is 0 Å². The summed E-state index contributed by atoms with van der Waals surface area (Å²) in [6, 6.07) is 4.91. The Morgan fingerprint density at radius 2 is 1.61 bits per heavy atom. The first kappa shape index (κ1) is 13.6. The summed E-state index contributed by atoms with van der Waals surface area (Å²) in [4.78, 5) is 15.0. The highest BCUT2D eigenvalue weighted by molar-refractivity contribution is 6.40. The minimum Gasteiger partial charge on any atom is -0.298 e. The van der Waals surface area contributed by atoms with Gasteiger partial charge in [0.15, 0.2) is 6.29 Å². The third-order valence-corrected chi connectivity index (χ3v) is 3.38. The highest BCUT2D eigenvalue weighted by Crippen LogP contribution is 2.34. The zero-order chi connectivity index (χ0) is 13.3. The number of carbonyl (C=O) groups excluding carboxylic acids is 1. The molecule has 0 aliphatic rings. The van der Waals surface area contributed by atoms with E-state index in [-0.39, 0.29) is 15.6 Å². The first-order chi connectivity index (χ1) is 8.52. The van der Waals surface area contributed by atoms with Gasteiger partial charge in [0.05, 0.1) is 21.3 Å². The maximum atomic E-state index is 10.9. The van der Waals surface area contributed by atoms with Crippen molar-refractivity contribution >= 4 is 52.7 Å². The second-order valence-electron chi connectivity index (χ2n) is 3.46. The Kier molecular flexibility index (Phi) is 4.13. The van der Waals surface area contributed by atoms with Gasteiger partial charge >= 0.3 is 0 Å². The number of aromatic nitrogens is 1. The van der Waals surface area contributed by atoms with E-state index in [1.807, 2.05) is 0 Å². The molecule has 1 heterocycles. The van der Waals surface area contributed by atoms with E-state index in [4.69, 9.17) is 46.4 Å². The van der Waals surface area contributed by atoms with E-state index in [0.29, 0.717) is 27.6 Å². The van der Waals surface area contributed by atoms with Gasteiger partial charge in [-0.05, 0) is 18.2 Å². The molecule has 0 amide bonds. The summed E-state index contributed by atoms with van der Waals surface area (Å²) in [5, 5.41) is 1.29. The van der Waals surface area contributed by atoms with Crippen molar-refractivity contribution in [1.82, 2.24) is 4.98 Å². The number of nitrogens with zero attached hydrogens (tertiary/aromatic N) is 1. The van der Waals surface area contributed by atoms with Gasteiger partial charge < -0.3 is 0 Å². The lowest BCUT2D eigenvalue weighted by atomic mass is 10.1. The summed E-state index contributed by atoms with van der Waals surface area (Å²) in [6.45, 7) is 0. The Balaban J connectivity index is 2.68. The molecule has 92 valence electrons. The fourth-order valence-corrected chi connectivity index (χ4v) is 2.55. The molecule has 0 saturated heterocycles. The molecule has 0 bridgehead atoms. The van der Waals surface area contributed by atoms with Crippen LogP contribution in [-0.4, -0.2) is 11.3 Å². The molecule has 2 rings (SSSR count). The van der Waals surface area contributed by atoms with Crippen LogP contribution < -0.4 is 0 Å². The van der Waals surface area contributed by atoms with Crippen molar-refractivity contribution in [3.05, 3.63) is 50.0 Å². The average molecular weight is 321 g/mol. The van der Waals surface area contributed by atoms with Crippen LogP contribution >= 0.6 is 46.4 Å². The molecule has 2 aromatic rings. The van der Waals surface area contributed by atoms with Gasteiger partial charge in [-0.1, -0.05) is 46.4 Å². The predicted molar refractivity (Wildman–Crippen MR) is 75.1 cm³/mol. The standard InChI is InChI=1S/C12H5Cl4NO/c13-7-1-6(2-8(14)3-7)12-11(16)9(5-18)10(15)4-17-12/h1-5H. The van der Waals surface area contributed by atoms with Crippen molar-refractivity contribution in [3.63, 3.8) is 0 Å². The van der Waals surface area contributed by atoms with Gasteiger partial charge in [-0.2, -0.15) is 0 Å². The molecule has 0 N–H and O–H groups in total. The first-order valence-corrected chi connectivity index (χ1v) is 6.29. The van der Waals surface area contributed by atoms with Crippen LogP contribution in [0.15, 0.2) is 24.4 Å². The third-order valence-electron chi connectivity index (χ3n) is 2.26. The Morgan fingerprint density at radius 3 is 2.17 bits per heavy atom. The van der Waals surface area contributed by atoms with E-state index in [0.717, 1.165) is 0 Å². The van der Waals surface area contributed by atoms with E-state index < -0.39 is 0 Å². The van der Waals surface area contributed by atoms with Crippen LogP contribution in [0, 0.1) is 0 Å². The van der Waals surface area contributed by atoms with E-state index in [9.17, 15) is 4.79 Å². The number of hydrogen-bond acceptors (Lipinski definition) is 2. The minimum atomic E-state index is 0.177. The van der Waals surface area contributed by atoms with E-state index in [1.54, 1.807) is 18.2 Å². The van der Waals surface area contributed by atoms with Gasteiger partial charge in [-0.3, -0.25) is 9.78 Å². The minimum absolute atomic E-state index is 0.177. The molecule has 18 heavy (non-hydrogen) atoms. The molecule has 1 aromatic carbocycles. The molecule has 2 nitrogen and oxygen atoms in total. The zero-order valence-electron chi connectivity index (χ0n) is 8.75. The van der Waals surface area contributed by atoms with Gasteiger partial charge in [-0.25, -0.2) is 0 Å². The highest BCUT2D eigenvalue weighted by atomic mass is 35.5. The number of benzene rings is 1. The number of hydrogen-bond donors (Lipinski definition) is 0. The second-order valence-corrected chi connectivity index (χ2v) is 5.12. The van der Waals surface area contributed by atoms with E-state index in [1.165, 1.54) is 6.20 Å². The van der Waals surface area contributed by atoms with Crippen LogP contribution in [0.2, 0.25) is 20.1 Å². The smallest absolute Gasteiger partial charge is 0.153 e. The van der Waals surface area contributed by atoms with Crippen molar-refractivity contribution in [2.75, 3.05) is 0 Å². The summed E-state index contributed by atoms with van der Waals surface area (Å²) in [5.41, 5.74) is 1.23. The molecule has 0 radical (unpaired) electrons. The van der Waals surface area contributed by atoms with Crippen LogP contribution in [0.1, 0.15) is 10.4 Å². The Labute approximate surface area is 123 Å². The molecule has 0 unspecified atom stereocenters. The van der Waals surface area contributed by atoms with Crippen LogP contribution in [0.25, 0.3) is 11.3 Å². The lowest BCUT2D eigenvalue weighted by Gasteiger charge is -2.07. The first-order valence-electron chi connectivity index (χ1n) is 4.78. The van der Waals surface area contributed by atoms with Gasteiger partial charge in [0, 0.05) is 21.8 Å². The molecule has 0 aliphatic carbocycles. The predicted octanol–water partition coefficient (Wildman–Crippen LogP) is 5.17. The van der Waals surface area contributed by atoms with Crippen LogP contribution in [0.3, 0.4) is 0 Å². The number of carbonyl (C=O) groups is 1. The van der Waals surface area contributed by atoms with Crippen molar-refractivity contribution in [2.24, 2.45) is 0 Å². The number of aldehydes is 1. The fourth-order valence-electron chi connectivity index (χ4n) is 1.48. The van der Waals surface area contributed by atoms with Gasteiger partial charge in [0.2, 0.25) is 0 Å². The number of rotatable bonds is 2. The Bertz CT molecular complexity index is 607. The SMILES string of the molecule is O=Cc1c(Cl)cnc(-c2cc(Cl)cc(Cl)c2)c1Cl. The maximum absolute atomic E-state index is 10.9. The van der Waals surface area contributed by atoms with Crippen LogP contribution in [-0.2, 0) is 0 Å². The second kappa shape index (κ2) is 5.45. The molecule has 0 atom stereocenters. The van der Waals surface area contributed by atoms with Gasteiger partial charge in [0.1, 0.15) is 0 Å². The maximum Gasteiger partial charge on any atom is 0.153 e. The third kappa shape index (κ3) is 2.62. The molecule has 6 heteroatoms. The molecular weight excluding hydrogens is 316 g/mol. The summed E-state index contributed by atoms with van der Waals surface area (Å²) in [7, 11) is 0. The van der Waals surface area contributed by atoms with E-state index >= 15 is 0 Å². The topological polar surface area (TPSA) is 30.0 Å². The normalized spacial score (nSPS) is 10.4. The fraction of sp³-hybridized carbons (Fsp3) is 0. The molecular formula is C12H5Cl4NO. The Morgan fingerprint density at radius 1 is 1.00 bits per heavy atom. The summed E-state index contributed by atoms with van der Waals surface area (Å²) >= 11 is 23.7. The lowest BCUT2D eigenvalue weighted by molar-refractivity contribution is 0.112. The Hall–Kier alpha value is -0.800. The van der Waals surface area contributed by atoms with Crippen molar-refractivity contribution in [2.45, 2.75) is 0 Å². The number of halogens is 4. The van der Waals surface area contributed by atoms with Crippen molar-refractivity contribution in [3.8, 4) is 11.3 Å². The number of pyridine rings is 1. The van der Waals surface area contributed by atoms with Gasteiger partial charge in [-0.15, -0.1) is 0 Å². The van der Waals surface area contributed by atoms with Crippen LogP contribution in [0.4, 0.5) is 0 Å². The molecule has 0 fully saturated rings. The average Bonchev–Trinajstić information content (AvgIpc) is 2.28.